The summed E-state index contributed by atoms with van der Waals surface area (Å²) in [5.41, 5.74) is 1.27. The fraction of sp³-hybridized carbons (Fsp3) is 0.357. The normalized spacial score (nSPS) is 10.5. The number of carbonyl (C=O) groups is 1. The molecular formula is C14H15BrIN3O3. The zero-order valence-electron chi connectivity index (χ0n) is 12.2. The van der Waals surface area contributed by atoms with E-state index in [1.807, 2.05) is 19.1 Å². The molecule has 0 saturated carbocycles. The average Bonchev–Trinajstić information content (AvgIpc) is 2.95. The van der Waals surface area contributed by atoms with Crippen LogP contribution < -0.4 is 4.74 Å². The highest BCUT2D eigenvalue weighted by Gasteiger charge is 2.23. The van der Waals surface area contributed by atoms with Crippen molar-refractivity contribution in [3.63, 3.8) is 0 Å². The number of halogens is 2. The van der Waals surface area contributed by atoms with Gasteiger partial charge in [0, 0.05) is 10.0 Å². The van der Waals surface area contributed by atoms with Crippen molar-refractivity contribution in [2.45, 2.75) is 20.3 Å². The van der Waals surface area contributed by atoms with E-state index in [1.165, 1.54) is 0 Å². The zero-order valence-corrected chi connectivity index (χ0v) is 15.9. The van der Waals surface area contributed by atoms with E-state index in [4.69, 9.17) is 9.47 Å². The van der Waals surface area contributed by atoms with Crippen molar-refractivity contribution in [2.24, 2.45) is 0 Å². The Labute approximate surface area is 150 Å². The van der Waals surface area contributed by atoms with Crippen LogP contribution in [0.25, 0.3) is 11.3 Å². The van der Waals surface area contributed by atoms with Gasteiger partial charge in [0.2, 0.25) is 0 Å². The van der Waals surface area contributed by atoms with Gasteiger partial charge in [-0.1, -0.05) is 22.9 Å². The first-order valence-electron chi connectivity index (χ1n) is 6.78. The maximum Gasteiger partial charge on any atom is 0.361 e. The van der Waals surface area contributed by atoms with E-state index in [0.717, 1.165) is 14.5 Å². The number of benzene rings is 1. The summed E-state index contributed by atoms with van der Waals surface area (Å²) >= 11 is 5.65. The molecule has 0 aliphatic heterocycles. The molecule has 0 aliphatic carbocycles. The molecule has 1 N–H and O–H groups in total. The smallest absolute Gasteiger partial charge is 0.361 e. The molecule has 2 rings (SSSR count). The van der Waals surface area contributed by atoms with Crippen LogP contribution in [0.2, 0.25) is 0 Å². The number of hydrogen-bond donors (Lipinski definition) is 1. The summed E-state index contributed by atoms with van der Waals surface area (Å²) in [6, 6.07) is 3.80. The summed E-state index contributed by atoms with van der Waals surface area (Å²) in [6.45, 7) is 4.64. The third kappa shape index (κ3) is 3.78. The SMILES string of the molecule is CCCOc1c(I)cc(Br)cc1-c1n[nH]nc1C(=O)OCC. The fourth-order valence-electron chi connectivity index (χ4n) is 1.85. The van der Waals surface area contributed by atoms with Gasteiger partial charge >= 0.3 is 5.97 Å². The van der Waals surface area contributed by atoms with E-state index in [-0.39, 0.29) is 12.3 Å². The Morgan fingerprint density at radius 2 is 2.14 bits per heavy atom. The third-order valence-electron chi connectivity index (χ3n) is 2.73. The van der Waals surface area contributed by atoms with Crippen molar-refractivity contribution >= 4 is 44.5 Å². The number of nitrogens with one attached hydrogen (secondary N) is 1. The Kier molecular flexibility index (Phi) is 6.18. The molecule has 8 heteroatoms. The number of esters is 1. The van der Waals surface area contributed by atoms with Crippen LogP contribution in [0.4, 0.5) is 0 Å². The molecule has 1 aromatic heterocycles. The first-order valence-corrected chi connectivity index (χ1v) is 8.65. The lowest BCUT2D eigenvalue weighted by atomic mass is 10.1. The molecule has 0 unspecified atom stereocenters. The van der Waals surface area contributed by atoms with Crippen LogP contribution in [0.5, 0.6) is 5.75 Å². The van der Waals surface area contributed by atoms with Crippen LogP contribution >= 0.6 is 38.5 Å². The lowest BCUT2D eigenvalue weighted by Crippen LogP contribution is -2.07. The molecule has 118 valence electrons. The van der Waals surface area contributed by atoms with Gasteiger partial charge in [-0.15, -0.1) is 5.10 Å². The Balaban J connectivity index is 2.52. The van der Waals surface area contributed by atoms with Crippen molar-refractivity contribution < 1.29 is 14.3 Å². The van der Waals surface area contributed by atoms with Crippen LogP contribution in [-0.4, -0.2) is 34.6 Å². The lowest BCUT2D eigenvalue weighted by Gasteiger charge is -2.13. The van der Waals surface area contributed by atoms with Gasteiger partial charge < -0.3 is 9.47 Å². The highest BCUT2D eigenvalue weighted by molar-refractivity contribution is 14.1. The largest absolute Gasteiger partial charge is 0.492 e. The average molecular weight is 480 g/mol. The first kappa shape index (κ1) is 17.2. The van der Waals surface area contributed by atoms with E-state index in [9.17, 15) is 4.79 Å². The van der Waals surface area contributed by atoms with Crippen LogP contribution in [0, 0.1) is 3.57 Å². The van der Waals surface area contributed by atoms with Crippen molar-refractivity contribution in [1.82, 2.24) is 15.4 Å². The predicted molar refractivity (Wildman–Crippen MR) is 94.0 cm³/mol. The summed E-state index contributed by atoms with van der Waals surface area (Å²) in [5, 5.41) is 10.5. The van der Waals surface area contributed by atoms with E-state index in [0.29, 0.717) is 23.6 Å². The second-order valence-corrected chi connectivity index (χ2v) is 6.43. The van der Waals surface area contributed by atoms with E-state index < -0.39 is 5.97 Å². The minimum Gasteiger partial charge on any atom is -0.492 e. The molecule has 6 nitrogen and oxygen atoms in total. The first-order chi connectivity index (χ1) is 10.6. The van der Waals surface area contributed by atoms with Crippen LogP contribution in [0.1, 0.15) is 30.8 Å². The van der Waals surface area contributed by atoms with Crippen LogP contribution in [-0.2, 0) is 4.74 Å². The van der Waals surface area contributed by atoms with Crippen molar-refractivity contribution in [2.75, 3.05) is 13.2 Å². The van der Waals surface area contributed by atoms with Crippen LogP contribution in [0.3, 0.4) is 0 Å². The summed E-state index contributed by atoms with van der Waals surface area (Å²) < 4.78 is 12.6. The number of aromatic nitrogens is 3. The minimum atomic E-state index is -0.511. The molecule has 0 atom stereocenters. The number of aromatic amines is 1. The molecular weight excluding hydrogens is 465 g/mol. The van der Waals surface area contributed by atoms with E-state index >= 15 is 0 Å². The Bertz CT molecular complexity index is 675. The Hall–Kier alpha value is -1.16. The zero-order chi connectivity index (χ0) is 16.1. The maximum atomic E-state index is 12.0. The highest BCUT2D eigenvalue weighted by Crippen LogP contribution is 2.37. The molecule has 0 fully saturated rings. The third-order valence-corrected chi connectivity index (χ3v) is 3.99. The van der Waals surface area contributed by atoms with Gasteiger partial charge in [0.1, 0.15) is 11.4 Å². The van der Waals surface area contributed by atoms with Gasteiger partial charge in [0.15, 0.2) is 5.69 Å². The molecule has 0 saturated heterocycles. The highest BCUT2D eigenvalue weighted by atomic mass is 127. The molecule has 22 heavy (non-hydrogen) atoms. The van der Waals surface area contributed by atoms with Crippen molar-refractivity contribution in [3.8, 4) is 17.0 Å². The predicted octanol–water partition coefficient (Wildman–Crippen LogP) is 3.80. The standard InChI is InChI=1S/C14H15BrIN3O3/c1-3-5-22-13-9(6-8(15)7-10(13)16)11-12(18-19-17-11)14(20)21-4-2/h6-7H,3-5H2,1-2H3,(H,17,18,19). The molecule has 0 bridgehead atoms. The summed E-state index contributed by atoms with van der Waals surface area (Å²) in [5.74, 6) is 0.174. The molecule has 1 aromatic carbocycles. The van der Waals surface area contributed by atoms with Gasteiger partial charge in [0.05, 0.1) is 16.8 Å². The van der Waals surface area contributed by atoms with Crippen molar-refractivity contribution in [1.29, 1.82) is 0 Å². The summed E-state index contributed by atoms with van der Waals surface area (Å²) in [4.78, 5) is 12.0. The second-order valence-electron chi connectivity index (χ2n) is 4.35. The number of nitrogens with zero attached hydrogens (tertiary/aromatic N) is 2. The molecule has 0 amide bonds. The fourth-order valence-corrected chi connectivity index (χ4v) is 3.52. The summed E-state index contributed by atoms with van der Waals surface area (Å²) in [6.07, 6.45) is 0.884. The molecule has 2 aromatic rings. The number of carbonyl (C=O) groups excluding carboxylic acids is 1. The maximum absolute atomic E-state index is 12.0. The van der Waals surface area contributed by atoms with E-state index in [1.54, 1.807) is 6.92 Å². The molecule has 1 heterocycles. The molecule has 0 radical (unpaired) electrons. The second kappa shape index (κ2) is 7.91. The minimum absolute atomic E-state index is 0.150. The number of ether oxygens (including phenoxy) is 2. The van der Waals surface area contributed by atoms with Gasteiger partial charge in [-0.25, -0.2) is 4.79 Å². The topological polar surface area (TPSA) is 77.1 Å². The quantitative estimate of drug-likeness (QED) is 0.503. The Morgan fingerprint density at radius 1 is 1.36 bits per heavy atom. The summed E-state index contributed by atoms with van der Waals surface area (Å²) in [7, 11) is 0. The molecule has 0 aliphatic rings. The van der Waals surface area contributed by atoms with E-state index in [2.05, 4.69) is 53.9 Å². The number of hydrogen-bond acceptors (Lipinski definition) is 5. The Morgan fingerprint density at radius 3 is 2.82 bits per heavy atom. The monoisotopic (exact) mass is 479 g/mol. The van der Waals surface area contributed by atoms with Gasteiger partial charge in [-0.3, -0.25) is 0 Å². The van der Waals surface area contributed by atoms with Gasteiger partial charge in [-0.2, -0.15) is 10.3 Å². The van der Waals surface area contributed by atoms with Crippen molar-refractivity contribution in [3.05, 3.63) is 25.9 Å². The van der Waals surface area contributed by atoms with Crippen LogP contribution in [0.15, 0.2) is 16.6 Å². The van der Waals surface area contributed by atoms with Gasteiger partial charge in [-0.05, 0) is 48.1 Å². The van der Waals surface area contributed by atoms with Gasteiger partial charge in [0.25, 0.3) is 0 Å². The molecule has 0 spiro atoms. The number of H-pyrrole nitrogens is 1. The number of rotatable bonds is 6. The lowest BCUT2D eigenvalue weighted by molar-refractivity contribution is 0.0520.